The first kappa shape index (κ1) is 26.3. The van der Waals surface area contributed by atoms with Crippen LogP contribution in [-0.4, -0.2) is 51.5 Å². The molecule has 1 aliphatic rings. The zero-order valence-electron chi connectivity index (χ0n) is 20.4. The van der Waals surface area contributed by atoms with E-state index in [1.54, 1.807) is 25.1 Å². The van der Waals surface area contributed by atoms with Gasteiger partial charge in [-0.2, -0.15) is 18.3 Å². The van der Waals surface area contributed by atoms with Crippen molar-refractivity contribution in [2.45, 2.75) is 38.1 Å². The fourth-order valence-electron chi connectivity index (χ4n) is 4.46. The van der Waals surface area contributed by atoms with Crippen LogP contribution in [0.5, 0.6) is 5.75 Å². The molecule has 2 aromatic carbocycles. The van der Waals surface area contributed by atoms with Crippen LogP contribution in [0.2, 0.25) is 0 Å². The maximum Gasteiger partial charge on any atom is 0.416 e. The number of nitrogen functional groups attached to an aromatic ring is 1. The summed E-state index contributed by atoms with van der Waals surface area (Å²) in [6, 6.07) is 7.77. The van der Waals surface area contributed by atoms with Crippen LogP contribution in [0.3, 0.4) is 0 Å². The predicted octanol–water partition coefficient (Wildman–Crippen LogP) is 3.64. The molecule has 2 heterocycles. The SMILES string of the molecule is C[C@@H](Nc1nn(C)c(=O)c2ccc(OC3CCN(CC(=O)O)CC3)cc12)c1cc(N)cc(C(F)(F)F)c1. The normalized spacial score (nSPS) is 16.0. The third-order valence-corrected chi connectivity index (χ3v) is 6.37. The minimum atomic E-state index is -4.54. The smallest absolute Gasteiger partial charge is 0.416 e. The average Bonchev–Trinajstić information content (AvgIpc) is 2.82. The number of nitrogens with two attached hydrogens (primary N) is 1. The van der Waals surface area contributed by atoms with Gasteiger partial charge in [0.2, 0.25) is 0 Å². The summed E-state index contributed by atoms with van der Waals surface area (Å²) in [5.41, 5.74) is 4.85. The highest BCUT2D eigenvalue weighted by Crippen LogP contribution is 2.34. The number of alkyl halides is 3. The van der Waals surface area contributed by atoms with E-state index in [4.69, 9.17) is 15.6 Å². The van der Waals surface area contributed by atoms with E-state index in [-0.39, 0.29) is 23.9 Å². The number of nitrogens with zero attached hydrogens (tertiary/aromatic N) is 3. The molecule has 3 aromatic rings. The molecule has 1 fully saturated rings. The van der Waals surface area contributed by atoms with Gasteiger partial charge in [-0.25, -0.2) is 4.68 Å². The zero-order valence-corrected chi connectivity index (χ0v) is 20.4. The van der Waals surface area contributed by atoms with Crippen LogP contribution in [-0.2, 0) is 18.0 Å². The number of nitrogens with one attached hydrogen (secondary N) is 1. The Kier molecular flexibility index (Phi) is 7.30. The number of ether oxygens (including phenoxy) is 1. The van der Waals surface area contributed by atoms with E-state index < -0.39 is 23.8 Å². The number of aliphatic carboxylic acids is 1. The third-order valence-electron chi connectivity index (χ3n) is 6.37. The second-order valence-corrected chi connectivity index (χ2v) is 9.22. The molecule has 1 aliphatic heterocycles. The highest BCUT2D eigenvalue weighted by atomic mass is 19.4. The van der Waals surface area contributed by atoms with E-state index in [1.807, 2.05) is 4.90 Å². The van der Waals surface area contributed by atoms with Crippen LogP contribution in [0.15, 0.2) is 41.2 Å². The molecule has 1 aromatic heterocycles. The number of anilines is 2. The van der Waals surface area contributed by atoms with Crippen LogP contribution >= 0.6 is 0 Å². The average molecular weight is 520 g/mol. The Hall–Kier alpha value is -3.80. The first-order valence-electron chi connectivity index (χ1n) is 11.8. The Bertz CT molecular complexity index is 1370. The van der Waals surface area contributed by atoms with Crippen molar-refractivity contribution in [2.24, 2.45) is 7.05 Å². The number of aromatic nitrogens is 2. The number of piperidine rings is 1. The number of carboxylic acid groups (broad SMARTS) is 1. The molecule has 9 nitrogen and oxygen atoms in total. The number of aryl methyl sites for hydroxylation is 1. The molecule has 0 radical (unpaired) electrons. The molecule has 198 valence electrons. The summed E-state index contributed by atoms with van der Waals surface area (Å²) in [6.07, 6.45) is -3.36. The van der Waals surface area contributed by atoms with Crippen molar-refractivity contribution in [3.8, 4) is 5.75 Å². The molecular weight excluding hydrogens is 491 g/mol. The van der Waals surface area contributed by atoms with Gasteiger partial charge in [0, 0.05) is 31.2 Å². The Balaban J connectivity index is 1.59. The summed E-state index contributed by atoms with van der Waals surface area (Å²) in [7, 11) is 1.50. The maximum atomic E-state index is 13.3. The van der Waals surface area contributed by atoms with E-state index in [0.29, 0.717) is 53.8 Å². The summed E-state index contributed by atoms with van der Waals surface area (Å²) < 4.78 is 47.1. The molecule has 0 unspecified atom stereocenters. The first-order chi connectivity index (χ1) is 17.4. The Morgan fingerprint density at radius 2 is 1.92 bits per heavy atom. The van der Waals surface area contributed by atoms with Crippen molar-refractivity contribution in [1.29, 1.82) is 0 Å². The van der Waals surface area contributed by atoms with Crippen molar-refractivity contribution in [3.63, 3.8) is 0 Å². The van der Waals surface area contributed by atoms with E-state index in [1.165, 1.54) is 13.1 Å². The lowest BCUT2D eigenvalue weighted by molar-refractivity contribution is -0.139. The molecule has 0 aliphatic carbocycles. The molecule has 1 saturated heterocycles. The highest BCUT2D eigenvalue weighted by Gasteiger charge is 2.31. The van der Waals surface area contributed by atoms with Crippen LogP contribution in [0.25, 0.3) is 10.8 Å². The first-order valence-corrected chi connectivity index (χ1v) is 11.8. The van der Waals surface area contributed by atoms with Gasteiger partial charge < -0.3 is 20.9 Å². The lowest BCUT2D eigenvalue weighted by Gasteiger charge is -2.31. The number of carboxylic acids is 1. The summed E-state index contributed by atoms with van der Waals surface area (Å²) in [4.78, 5) is 25.5. The Labute approximate surface area is 210 Å². The molecule has 0 spiro atoms. The number of hydrogen-bond acceptors (Lipinski definition) is 7. The van der Waals surface area contributed by atoms with E-state index in [9.17, 15) is 22.8 Å². The quantitative estimate of drug-likeness (QED) is 0.405. The van der Waals surface area contributed by atoms with Gasteiger partial charge in [0.1, 0.15) is 11.9 Å². The minimum Gasteiger partial charge on any atom is -0.490 e. The summed E-state index contributed by atoms with van der Waals surface area (Å²) in [5.74, 6) is -0.0504. The summed E-state index contributed by atoms with van der Waals surface area (Å²) in [5, 5.41) is 17.2. The van der Waals surface area contributed by atoms with Gasteiger partial charge in [0.05, 0.1) is 23.5 Å². The molecule has 37 heavy (non-hydrogen) atoms. The van der Waals surface area contributed by atoms with Crippen LogP contribution < -0.4 is 21.3 Å². The van der Waals surface area contributed by atoms with E-state index in [2.05, 4.69) is 10.4 Å². The van der Waals surface area contributed by atoms with Gasteiger partial charge >= 0.3 is 12.1 Å². The molecule has 0 amide bonds. The highest BCUT2D eigenvalue weighted by molar-refractivity contribution is 5.92. The molecule has 12 heteroatoms. The predicted molar refractivity (Wildman–Crippen MR) is 133 cm³/mol. The Morgan fingerprint density at radius 1 is 1.22 bits per heavy atom. The minimum absolute atomic E-state index is 0.0115. The van der Waals surface area contributed by atoms with Gasteiger partial charge in [0.25, 0.3) is 5.56 Å². The van der Waals surface area contributed by atoms with Crippen molar-refractivity contribution < 1.29 is 27.8 Å². The van der Waals surface area contributed by atoms with Crippen LogP contribution in [0.1, 0.15) is 36.9 Å². The van der Waals surface area contributed by atoms with Crippen molar-refractivity contribution >= 4 is 28.2 Å². The lowest BCUT2D eigenvalue weighted by Crippen LogP contribution is -2.40. The second-order valence-electron chi connectivity index (χ2n) is 9.22. The number of carbonyl (C=O) groups is 1. The maximum absolute atomic E-state index is 13.3. The standard InChI is InChI=1S/C25H28F3N5O4/c1-14(15-9-16(25(26,27)28)11-17(29)10-15)30-23-21-12-19(3-4-20(21)24(36)32(2)31-23)37-18-5-7-33(8-6-18)13-22(34)35/h3-4,9-12,14,18H,5-8,13,29H2,1-2H3,(H,30,31)(H,34,35)/t14-/m1/s1. The molecule has 0 saturated carbocycles. The van der Waals surface area contributed by atoms with Crippen LogP contribution in [0.4, 0.5) is 24.7 Å². The molecule has 4 N–H and O–H groups in total. The van der Waals surface area contributed by atoms with Gasteiger partial charge in [-0.15, -0.1) is 0 Å². The number of fused-ring (bicyclic) bond motifs is 1. The number of hydrogen-bond donors (Lipinski definition) is 3. The largest absolute Gasteiger partial charge is 0.490 e. The second kappa shape index (κ2) is 10.3. The van der Waals surface area contributed by atoms with E-state index in [0.717, 1.165) is 16.8 Å². The van der Waals surface area contributed by atoms with Crippen LogP contribution in [0, 0.1) is 0 Å². The fourth-order valence-corrected chi connectivity index (χ4v) is 4.46. The van der Waals surface area contributed by atoms with Crippen molar-refractivity contribution in [1.82, 2.24) is 14.7 Å². The number of likely N-dealkylation sites (tertiary alicyclic amines) is 1. The molecular formula is C25H28F3N5O4. The third kappa shape index (κ3) is 6.13. The Morgan fingerprint density at radius 3 is 2.57 bits per heavy atom. The molecule has 1 atom stereocenters. The van der Waals surface area contributed by atoms with Gasteiger partial charge in [-0.05, 0) is 61.7 Å². The van der Waals surface area contributed by atoms with Crippen molar-refractivity contribution in [2.75, 3.05) is 30.7 Å². The van der Waals surface area contributed by atoms with Crippen molar-refractivity contribution in [3.05, 3.63) is 57.9 Å². The lowest BCUT2D eigenvalue weighted by atomic mass is 10.0. The van der Waals surface area contributed by atoms with Gasteiger partial charge in [0.15, 0.2) is 5.82 Å². The molecule has 0 bridgehead atoms. The number of benzene rings is 2. The zero-order chi connectivity index (χ0) is 26.9. The molecule has 4 rings (SSSR count). The van der Waals surface area contributed by atoms with E-state index >= 15 is 0 Å². The summed E-state index contributed by atoms with van der Waals surface area (Å²) in [6.45, 7) is 2.86. The number of halogens is 3. The number of rotatable bonds is 7. The fraction of sp³-hybridized carbons (Fsp3) is 0.400. The monoisotopic (exact) mass is 519 g/mol. The topological polar surface area (TPSA) is 123 Å². The summed E-state index contributed by atoms with van der Waals surface area (Å²) >= 11 is 0. The van der Waals surface area contributed by atoms with Gasteiger partial charge in [-0.1, -0.05) is 0 Å². The van der Waals surface area contributed by atoms with Gasteiger partial charge in [-0.3, -0.25) is 14.5 Å².